The van der Waals surface area contributed by atoms with E-state index in [0.717, 1.165) is 19.4 Å². The highest BCUT2D eigenvalue weighted by molar-refractivity contribution is 5.89. The number of rotatable bonds is 2. The van der Waals surface area contributed by atoms with Crippen molar-refractivity contribution in [3.8, 4) is 0 Å². The lowest BCUT2D eigenvalue weighted by molar-refractivity contribution is 0.0950. The normalized spacial score (nSPS) is 21.1. The van der Waals surface area contributed by atoms with Gasteiger partial charge in [0.1, 0.15) is 0 Å². The zero-order valence-electron chi connectivity index (χ0n) is 7.91. The van der Waals surface area contributed by atoms with Crippen molar-refractivity contribution >= 4 is 5.91 Å². The molecule has 1 aromatic heterocycles. The molecular formula is C8H12N4O2. The van der Waals surface area contributed by atoms with Crippen LogP contribution in [0.3, 0.4) is 0 Å². The summed E-state index contributed by atoms with van der Waals surface area (Å²) in [4.78, 5) is 15.1. The van der Waals surface area contributed by atoms with E-state index in [1.807, 2.05) is 0 Å². The van der Waals surface area contributed by atoms with Gasteiger partial charge in [-0.25, -0.2) is 0 Å². The van der Waals surface area contributed by atoms with Crippen molar-refractivity contribution in [1.29, 1.82) is 0 Å². The molecule has 76 valence electrons. The highest BCUT2D eigenvalue weighted by Crippen LogP contribution is 2.20. The number of aromatic nitrogens is 2. The summed E-state index contributed by atoms with van der Waals surface area (Å²) in [5.41, 5.74) is 0. The molecule has 0 spiro atoms. The van der Waals surface area contributed by atoms with Gasteiger partial charge in [0.2, 0.25) is 5.89 Å². The van der Waals surface area contributed by atoms with Gasteiger partial charge in [-0.2, -0.15) is 4.98 Å². The molecule has 6 heteroatoms. The van der Waals surface area contributed by atoms with E-state index in [1.54, 1.807) is 0 Å². The first-order chi connectivity index (χ1) is 6.81. The maximum Gasteiger partial charge on any atom is 0.292 e. The molecule has 2 heterocycles. The summed E-state index contributed by atoms with van der Waals surface area (Å²) < 4.78 is 4.99. The summed E-state index contributed by atoms with van der Waals surface area (Å²) in [6, 6.07) is 0.112. The van der Waals surface area contributed by atoms with Crippen LogP contribution in [-0.4, -0.2) is 29.6 Å². The van der Waals surface area contributed by atoms with Crippen LogP contribution in [0.4, 0.5) is 0 Å². The molecule has 0 aromatic carbocycles. The lowest BCUT2D eigenvalue weighted by Gasteiger charge is -2.01. The van der Waals surface area contributed by atoms with Gasteiger partial charge in [-0.3, -0.25) is 4.79 Å². The second kappa shape index (κ2) is 3.75. The fourth-order valence-corrected chi connectivity index (χ4v) is 1.48. The Kier molecular flexibility index (Phi) is 2.45. The number of hydrogen-bond acceptors (Lipinski definition) is 5. The van der Waals surface area contributed by atoms with E-state index >= 15 is 0 Å². The molecule has 0 radical (unpaired) electrons. The summed E-state index contributed by atoms with van der Waals surface area (Å²) in [7, 11) is 1.53. The summed E-state index contributed by atoms with van der Waals surface area (Å²) in [6.45, 7) is 0.961. The average molecular weight is 196 g/mol. The van der Waals surface area contributed by atoms with Crippen LogP contribution >= 0.6 is 0 Å². The second-order valence-electron chi connectivity index (χ2n) is 3.18. The first-order valence-electron chi connectivity index (χ1n) is 4.60. The van der Waals surface area contributed by atoms with Crippen molar-refractivity contribution in [3.05, 3.63) is 11.7 Å². The molecule has 0 bridgehead atoms. The highest BCUT2D eigenvalue weighted by atomic mass is 16.5. The molecule has 1 aromatic rings. The van der Waals surface area contributed by atoms with Gasteiger partial charge in [0.15, 0.2) is 0 Å². The molecular weight excluding hydrogens is 184 g/mol. The SMILES string of the molecule is CNC(=O)c1noc([C@@H]2CCCN2)n1. The molecule has 1 aliphatic heterocycles. The quantitative estimate of drug-likeness (QED) is 0.687. The van der Waals surface area contributed by atoms with Crippen LogP contribution in [0.15, 0.2) is 4.52 Å². The third kappa shape index (κ3) is 1.60. The molecule has 2 N–H and O–H groups in total. The third-order valence-electron chi connectivity index (χ3n) is 2.23. The largest absolute Gasteiger partial charge is 0.352 e. The van der Waals surface area contributed by atoms with Gasteiger partial charge in [-0.05, 0) is 19.4 Å². The van der Waals surface area contributed by atoms with E-state index in [9.17, 15) is 4.79 Å². The molecule has 0 aliphatic carbocycles. The molecule has 0 saturated carbocycles. The van der Waals surface area contributed by atoms with Gasteiger partial charge >= 0.3 is 0 Å². The Bertz CT molecular complexity index is 330. The van der Waals surface area contributed by atoms with E-state index in [4.69, 9.17) is 4.52 Å². The van der Waals surface area contributed by atoms with Gasteiger partial charge in [0.25, 0.3) is 11.7 Å². The van der Waals surface area contributed by atoms with Crippen LogP contribution < -0.4 is 10.6 Å². The minimum atomic E-state index is -0.321. The molecule has 1 atom stereocenters. The van der Waals surface area contributed by atoms with E-state index < -0.39 is 0 Å². The van der Waals surface area contributed by atoms with Gasteiger partial charge in [-0.15, -0.1) is 0 Å². The Morgan fingerprint density at radius 1 is 1.71 bits per heavy atom. The molecule has 1 amide bonds. The number of nitrogens with zero attached hydrogens (tertiary/aromatic N) is 2. The third-order valence-corrected chi connectivity index (χ3v) is 2.23. The molecule has 14 heavy (non-hydrogen) atoms. The maximum absolute atomic E-state index is 11.1. The topological polar surface area (TPSA) is 80.0 Å². The number of nitrogens with one attached hydrogen (secondary N) is 2. The lowest BCUT2D eigenvalue weighted by Crippen LogP contribution is -2.19. The zero-order chi connectivity index (χ0) is 9.97. The number of carbonyl (C=O) groups excluding carboxylic acids is 1. The van der Waals surface area contributed by atoms with Gasteiger partial charge in [0, 0.05) is 7.05 Å². The molecule has 0 unspecified atom stereocenters. The highest BCUT2D eigenvalue weighted by Gasteiger charge is 2.23. The number of hydrogen-bond donors (Lipinski definition) is 2. The summed E-state index contributed by atoms with van der Waals surface area (Å²) >= 11 is 0. The lowest BCUT2D eigenvalue weighted by atomic mass is 10.2. The molecule has 1 fully saturated rings. The van der Waals surface area contributed by atoms with Crippen LogP contribution in [0.25, 0.3) is 0 Å². The monoisotopic (exact) mass is 196 g/mol. The van der Waals surface area contributed by atoms with Crippen molar-refractivity contribution < 1.29 is 9.32 Å². The van der Waals surface area contributed by atoms with Crippen LogP contribution in [0, 0.1) is 0 Å². The Morgan fingerprint density at radius 3 is 3.21 bits per heavy atom. The van der Waals surface area contributed by atoms with Crippen molar-refractivity contribution in [2.45, 2.75) is 18.9 Å². The number of amides is 1. The fraction of sp³-hybridized carbons (Fsp3) is 0.625. The first kappa shape index (κ1) is 9.14. The first-order valence-corrected chi connectivity index (χ1v) is 4.60. The van der Waals surface area contributed by atoms with Gasteiger partial charge < -0.3 is 15.2 Å². The Labute approximate surface area is 81.1 Å². The second-order valence-corrected chi connectivity index (χ2v) is 3.18. The Morgan fingerprint density at radius 2 is 2.57 bits per heavy atom. The van der Waals surface area contributed by atoms with E-state index in [1.165, 1.54) is 7.05 Å². The predicted octanol–water partition coefficient (Wildman–Crippen LogP) is -0.146. The standard InChI is InChI=1S/C8H12N4O2/c1-9-7(13)6-11-8(14-12-6)5-3-2-4-10-5/h5,10H,2-4H2,1H3,(H,9,13)/t5-/m0/s1. The number of carbonyl (C=O) groups is 1. The summed E-state index contributed by atoms with van der Waals surface area (Å²) in [6.07, 6.45) is 2.08. The minimum absolute atomic E-state index is 0.0937. The maximum atomic E-state index is 11.1. The zero-order valence-corrected chi connectivity index (χ0v) is 7.91. The fourth-order valence-electron chi connectivity index (χ4n) is 1.48. The van der Waals surface area contributed by atoms with E-state index in [-0.39, 0.29) is 17.8 Å². The molecule has 1 aliphatic rings. The van der Waals surface area contributed by atoms with Crippen LogP contribution in [0.5, 0.6) is 0 Å². The molecule has 6 nitrogen and oxygen atoms in total. The van der Waals surface area contributed by atoms with E-state index in [0.29, 0.717) is 5.89 Å². The van der Waals surface area contributed by atoms with Crippen LogP contribution in [0.2, 0.25) is 0 Å². The van der Waals surface area contributed by atoms with Gasteiger partial charge in [-0.1, -0.05) is 5.16 Å². The van der Waals surface area contributed by atoms with Crippen molar-refractivity contribution in [3.63, 3.8) is 0 Å². The van der Waals surface area contributed by atoms with Crippen molar-refractivity contribution in [2.75, 3.05) is 13.6 Å². The van der Waals surface area contributed by atoms with Gasteiger partial charge in [0.05, 0.1) is 6.04 Å². The van der Waals surface area contributed by atoms with Crippen LogP contribution in [-0.2, 0) is 0 Å². The van der Waals surface area contributed by atoms with Crippen molar-refractivity contribution in [1.82, 2.24) is 20.8 Å². The van der Waals surface area contributed by atoms with E-state index in [2.05, 4.69) is 20.8 Å². The Balaban J connectivity index is 2.12. The predicted molar refractivity (Wildman–Crippen MR) is 47.7 cm³/mol. The molecule has 2 rings (SSSR count). The smallest absolute Gasteiger partial charge is 0.292 e. The van der Waals surface area contributed by atoms with Crippen molar-refractivity contribution in [2.24, 2.45) is 0 Å². The minimum Gasteiger partial charge on any atom is -0.352 e. The molecule has 1 saturated heterocycles. The average Bonchev–Trinajstić information content (AvgIpc) is 2.86. The summed E-state index contributed by atoms with van der Waals surface area (Å²) in [5.74, 6) is 0.273. The summed E-state index contributed by atoms with van der Waals surface area (Å²) in [5, 5.41) is 9.25. The Hall–Kier alpha value is -1.43. The van der Waals surface area contributed by atoms with Crippen LogP contribution in [0.1, 0.15) is 35.4 Å².